The molecular formula is C8H10N6. The van der Waals surface area contributed by atoms with Gasteiger partial charge in [0.15, 0.2) is 0 Å². The molecule has 2 aromatic heterocycles. The summed E-state index contributed by atoms with van der Waals surface area (Å²) in [4.78, 5) is 3.95. The van der Waals surface area contributed by atoms with E-state index in [-0.39, 0.29) is 6.04 Å². The number of aromatic nitrogens is 4. The first-order chi connectivity index (χ1) is 6.79. The van der Waals surface area contributed by atoms with Crippen molar-refractivity contribution in [1.29, 1.82) is 0 Å². The number of nitrogens with zero attached hydrogens (tertiary/aromatic N) is 3. The number of hydrogen-bond donors (Lipinski definition) is 3. The van der Waals surface area contributed by atoms with E-state index in [1.165, 1.54) is 0 Å². The summed E-state index contributed by atoms with van der Waals surface area (Å²) in [7, 11) is 0. The third-order valence-electron chi connectivity index (χ3n) is 1.96. The van der Waals surface area contributed by atoms with Gasteiger partial charge in [0.1, 0.15) is 11.5 Å². The monoisotopic (exact) mass is 190 g/mol. The maximum atomic E-state index is 5.92. The second-order valence-electron chi connectivity index (χ2n) is 2.85. The van der Waals surface area contributed by atoms with Gasteiger partial charge in [-0.3, -0.25) is 0 Å². The molecule has 1 unspecified atom stereocenters. The molecule has 1 atom stereocenters. The first-order valence-electron chi connectivity index (χ1n) is 4.10. The number of aromatic amines is 1. The predicted molar refractivity (Wildman–Crippen MR) is 51.1 cm³/mol. The van der Waals surface area contributed by atoms with Crippen LogP contribution in [0.3, 0.4) is 0 Å². The van der Waals surface area contributed by atoms with Crippen LogP contribution in [0.15, 0.2) is 24.5 Å². The van der Waals surface area contributed by atoms with E-state index in [2.05, 4.69) is 20.4 Å². The fourth-order valence-electron chi connectivity index (χ4n) is 1.21. The minimum absolute atomic E-state index is 0.387. The standard InChI is InChI=1S/C8H10N6/c9-7(6-4-12-14-13-6)5-2-1-3-11-8(5)10/h1-4,7H,9H2,(H2,10,11)(H,12,13,14). The number of pyridine rings is 1. The number of nitrogens with one attached hydrogen (secondary N) is 1. The van der Waals surface area contributed by atoms with Gasteiger partial charge in [0.05, 0.1) is 12.2 Å². The molecule has 2 aromatic rings. The van der Waals surface area contributed by atoms with Crippen molar-refractivity contribution >= 4 is 5.82 Å². The second kappa shape index (κ2) is 3.43. The van der Waals surface area contributed by atoms with Crippen LogP contribution in [-0.2, 0) is 0 Å². The predicted octanol–water partition coefficient (Wildman–Crippen LogP) is -0.170. The molecule has 2 heterocycles. The van der Waals surface area contributed by atoms with Crippen LogP contribution in [0, 0.1) is 0 Å². The third-order valence-corrected chi connectivity index (χ3v) is 1.96. The van der Waals surface area contributed by atoms with Gasteiger partial charge in [-0.2, -0.15) is 15.4 Å². The van der Waals surface area contributed by atoms with Gasteiger partial charge in [0.2, 0.25) is 0 Å². The molecule has 14 heavy (non-hydrogen) atoms. The quantitative estimate of drug-likeness (QED) is 0.609. The Bertz CT molecular complexity index is 410. The molecule has 0 spiro atoms. The van der Waals surface area contributed by atoms with Crippen molar-refractivity contribution < 1.29 is 0 Å². The Hall–Kier alpha value is -1.95. The molecule has 0 aliphatic carbocycles. The SMILES string of the molecule is Nc1ncccc1C(N)c1cn[nH]n1. The molecule has 0 saturated carbocycles. The van der Waals surface area contributed by atoms with Gasteiger partial charge >= 0.3 is 0 Å². The van der Waals surface area contributed by atoms with Gasteiger partial charge in [0, 0.05) is 11.8 Å². The van der Waals surface area contributed by atoms with E-state index in [0.717, 1.165) is 5.56 Å². The van der Waals surface area contributed by atoms with Crippen LogP contribution in [0.5, 0.6) is 0 Å². The van der Waals surface area contributed by atoms with Crippen LogP contribution in [0.25, 0.3) is 0 Å². The Labute approximate surface area is 80.3 Å². The van der Waals surface area contributed by atoms with Crippen molar-refractivity contribution in [3.8, 4) is 0 Å². The fraction of sp³-hybridized carbons (Fsp3) is 0.125. The highest BCUT2D eigenvalue weighted by molar-refractivity contribution is 5.43. The Kier molecular flexibility index (Phi) is 2.11. The van der Waals surface area contributed by atoms with Gasteiger partial charge < -0.3 is 11.5 Å². The van der Waals surface area contributed by atoms with E-state index < -0.39 is 0 Å². The summed E-state index contributed by atoms with van der Waals surface area (Å²) in [5.74, 6) is 0.419. The van der Waals surface area contributed by atoms with Gasteiger partial charge in [-0.05, 0) is 6.07 Å². The highest BCUT2D eigenvalue weighted by Crippen LogP contribution is 2.20. The van der Waals surface area contributed by atoms with E-state index in [1.54, 1.807) is 18.5 Å². The largest absolute Gasteiger partial charge is 0.383 e. The molecule has 5 N–H and O–H groups in total. The maximum absolute atomic E-state index is 5.92. The number of nitrogens with two attached hydrogens (primary N) is 2. The molecule has 6 heteroatoms. The topological polar surface area (TPSA) is 106 Å². The van der Waals surface area contributed by atoms with E-state index in [1.807, 2.05) is 6.07 Å². The molecule has 0 aromatic carbocycles. The summed E-state index contributed by atoms with van der Waals surface area (Å²) >= 11 is 0. The van der Waals surface area contributed by atoms with Crippen molar-refractivity contribution in [3.63, 3.8) is 0 Å². The van der Waals surface area contributed by atoms with Crippen LogP contribution in [0.4, 0.5) is 5.82 Å². The highest BCUT2D eigenvalue weighted by Gasteiger charge is 2.14. The van der Waals surface area contributed by atoms with Crippen molar-refractivity contribution in [2.75, 3.05) is 5.73 Å². The normalized spacial score (nSPS) is 12.6. The number of rotatable bonds is 2. The molecule has 0 aliphatic rings. The Morgan fingerprint density at radius 3 is 2.93 bits per heavy atom. The van der Waals surface area contributed by atoms with Crippen molar-refractivity contribution in [2.24, 2.45) is 5.73 Å². The molecule has 0 aliphatic heterocycles. The molecule has 0 fully saturated rings. The number of hydrogen-bond acceptors (Lipinski definition) is 5. The maximum Gasteiger partial charge on any atom is 0.128 e. The number of anilines is 1. The molecule has 2 rings (SSSR count). The average molecular weight is 190 g/mol. The van der Waals surface area contributed by atoms with E-state index in [9.17, 15) is 0 Å². The van der Waals surface area contributed by atoms with E-state index in [0.29, 0.717) is 11.5 Å². The van der Waals surface area contributed by atoms with Crippen LogP contribution in [0.1, 0.15) is 17.3 Å². The molecule has 6 nitrogen and oxygen atoms in total. The van der Waals surface area contributed by atoms with Crippen molar-refractivity contribution in [2.45, 2.75) is 6.04 Å². The molecular weight excluding hydrogens is 180 g/mol. The lowest BCUT2D eigenvalue weighted by Gasteiger charge is -2.09. The van der Waals surface area contributed by atoms with E-state index in [4.69, 9.17) is 11.5 Å². The van der Waals surface area contributed by atoms with Crippen LogP contribution in [0.2, 0.25) is 0 Å². The van der Waals surface area contributed by atoms with Gasteiger partial charge in [0.25, 0.3) is 0 Å². The molecule has 0 radical (unpaired) electrons. The summed E-state index contributed by atoms with van der Waals surface area (Å²) in [6.07, 6.45) is 3.19. The summed E-state index contributed by atoms with van der Waals surface area (Å²) in [6, 6.07) is 3.22. The highest BCUT2D eigenvalue weighted by atomic mass is 15.3. The van der Waals surface area contributed by atoms with Crippen molar-refractivity contribution in [1.82, 2.24) is 20.4 Å². The summed E-state index contributed by atoms with van der Waals surface area (Å²) in [5, 5.41) is 10.1. The average Bonchev–Trinajstić information content (AvgIpc) is 2.70. The Morgan fingerprint density at radius 2 is 2.29 bits per heavy atom. The van der Waals surface area contributed by atoms with Crippen LogP contribution >= 0.6 is 0 Å². The van der Waals surface area contributed by atoms with Gasteiger partial charge in [-0.1, -0.05) is 6.07 Å². The van der Waals surface area contributed by atoms with Gasteiger partial charge in [-0.25, -0.2) is 4.98 Å². The molecule has 0 saturated heterocycles. The van der Waals surface area contributed by atoms with Gasteiger partial charge in [-0.15, -0.1) is 0 Å². The lowest BCUT2D eigenvalue weighted by Crippen LogP contribution is -2.14. The number of nitrogen functional groups attached to an aromatic ring is 1. The first-order valence-corrected chi connectivity index (χ1v) is 4.10. The summed E-state index contributed by atoms with van der Waals surface area (Å²) in [6.45, 7) is 0. The third kappa shape index (κ3) is 1.42. The Balaban J connectivity index is 2.37. The van der Waals surface area contributed by atoms with Crippen LogP contribution < -0.4 is 11.5 Å². The number of H-pyrrole nitrogens is 1. The molecule has 72 valence electrons. The zero-order valence-electron chi connectivity index (χ0n) is 7.38. The lowest BCUT2D eigenvalue weighted by atomic mass is 10.1. The zero-order valence-corrected chi connectivity index (χ0v) is 7.38. The van der Waals surface area contributed by atoms with Crippen LogP contribution in [-0.4, -0.2) is 20.4 Å². The smallest absolute Gasteiger partial charge is 0.128 e. The molecule has 0 bridgehead atoms. The summed E-state index contributed by atoms with van der Waals surface area (Å²) < 4.78 is 0. The second-order valence-corrected chi connectivity index (χ2v) is 2.85. The fourth-order valence-corrected chi connectivity index (χ4v) is 1.21. The minimum atomic E-state index is -0.387. The zero-order chi connectivity index (χ0) is 9.97. The first kappa shape index (κ1) is 8.64. The Morgan fingerprint density at radius 1 is 1.43 bits per heavy atom. The van der Waals surface area contributed by atoms with E-state index >= 15 is 0 Å². The molecule has 0 amide bonds. The summed E-state index contributed by atoms with van der Waals surface area (Å²) in [5.41, 5.74) is 13.0. The van der Waals surface area contributed by atoms with Crippen molar-refractivity contribution in [3.05, 3.63) is 35.8 Å². The minimum Gasteiger partial charge on any atom is -0.383 e. The lowest BCUT2D eigenvalue weighted by molar-refractivity contribution is 0.808.